The summed E-state index contributed by atoms with van der Waals surface area (Å²) in [5, 5.41) is 2.95. The molecule has 0 atom stereocenters. The largest absolute Gasteiger partial charge is 0.322 e. The molecule has 0 saturated carbocycles. The van der Waals surface area contributed by atoms with Crippen molar-refractivity contribution >= 4 is 23.5 Å². The first-order chi connectivity index (χ1) is 9.63. The number of hydrogen-bond donors (Lipinski definition) is 1. The molecule has 2 aromatic carbocycles. The van der Waals surface area contributed by atoms with Gasteiger partial charge < -0.3 is 5.32 Å². The molecule has 0 aliphatic heterocycles. The molecule has 0 aliphatic rings. The highest BCUT2D eigenvalue weighted by Gasteiger charge is 2.14. The van der Waals surface area contributed by atoms with Gasteiger partial charge in [-0.1, -0.05) is 30.3 Å². The van der Waals surface area contributed by atoms with E-state index in [-0.39, 0.29) is 5.91 Å². The maximum absolute atomic E-state index is 12.5. The number of amides is 1. The third kappa shape index (κ3) is 2.94. The molecular formula is C17H18N2O. The number of para-hydroxylation sites is 1. The van der Waals surface area contributed by atoms with Gasteiger partial charge in [0.2, 0.25) is 0 Å². The molecule has 102 valence electrons. The summed E-state index contributed by atoms with van der Waals surface area (Å²) in [5.74, 6) is -0.127. The Kier molecular flexibility index (Phi) is 4.31. The zero-order valence-electron chi connectivity index (χ0n) is 12.0. The van der Waals surface area contributed by atoms with Crippen LogP contribution < -0.4 is 5.32 Å². The van der Waals surface area contributed by atoms with Crippen molar-refractivity contribution in [3.8, 4) is 0 Å². The second kappa shape index (κ2) is 6.15. The van der Waals surface area contributed by atoms with E-state index in [1.54, 1.807) is 6.21 Å². The van der Waals surface area contributed by atoms with E-state index in [1.165, 1.54) is 0 Å². The Morgan fingerprint density at radius 3 is 2.45 bits per heavy atom. The molecule has 2 rings (SSSR count). The number of carbonyl (C=O) groups is 1. The number of nitrogens with zero attached hydrogens (tertiary/aromatic N) is 1. The van der Waals surface area contributed by atoms with Crippen LogP contribution in [0, 0.1) is 13.8 Å². The van der Waals surface area contributed by atoms with E-state index in [0.717, 1.165) is 16.8 Å². The molecule has 20 heavy (non-hydrogen) atoms. The molecule has 0 heterocycles. The minimum atomic E-state index is -0.127. The second-order valence-corrected chi connectivity index (χ2v) is 4.63. The van der Waals surface area contributed by atoms with E-state index in [4.69, 9.17) is 0 Å². The predicted molar refractivity (Wildman–Crippen MR) is 84.1 cm³/mol. The van der Waals surface area contributed by atoms with E-state index < -0.39 is 0 Å². The van der Waals surface area contributed by atoms with E-state index in [2.05, 4.69) is 10.3 Å². The van der Waals surface area contributed by atoms with Gasteiger partial charge in [0.05, 0.1) is 11.3 Å². The molecule has 3 heteroatoms. The van der Waals surface area contributed by atoms with Gasteiger partial charge in [-0.3, -0.25) is 9.79 Å². The highest BCUT2D eigenvalue weighted by molar-refractivity contribution is 6.09. The van der Waals surface area contributed by atoms with Crippen LogP contribution in [0.15, 0.2) is 47.5 Å². The highest BCUT2D eigenvalue weighted by atomic mass is 16.1. The lowest BCUT2D eigenvalue weighted by Gasteiger charge is -2.11. The van der Waals surface area contributed by atoms with Gasteiger partial charge in [0, 0.05) is 11.9 Å². The van der Waals surface area contributed by atoms with E-state index in [9.17, 15) is 4.79 Å². The van der Waals surface area contributed by atoms with Crippen LogP contribution in [0.4, 0.5) is 11.4 Å². The lowest BCUT2D eigenvalue weighted by atomic mass is 10.1. The fourth-order valence-electron chi connectivity index (χ4n) is 2.09. The summed E-state index contributed by atoms with van der Waals surface area (Å²) >= 11 is 0. The molecular weight excluding hydrogens is 248 g/mol. The van der Waals surface area contributed by atoms with Gasteiger partial charge in [-0.15, -0.1) is 0 Å². The third-order valence-electron chi connectivity index (χ3n) is 3.14. The van der Waals surface area contributed by atoms with E-state index in [0.29, 0.717) is 11.3 Å². The topological polar surface area (TPSA) is 41.5 Å². The Morgan fingerprint density at radius 1 is 1.05 bits per heavy atom. The number of nitrogens with one attached hydrogen (secondary N) is 1. The molecule has 0 aromatic heterocycles. The maximum Gasteiger partial charge on any atom is 0.258 e. The smallest absolute Gasteiger partial charge is 0.258 e. The zero-order valence-corrected chi connectivity index (χ0v) is 12.0. The van der Waals surface area contributed by atoms with Gasteiger partial charge >= 0.3 is 0 Å². The minimum Gasteiger partial charge on any atom is -0.322 e. The van der Waals surface area contributed by atoms with Crippen molar-refractivity contribution in [3.05, 3.63) is 59.2 Å². The van der Waals surface area contributed by atoms with Crippen LogP contribution >= 0.6 is 0 Å². The first-order valence-corrected chi connectivity index (χ1v) is 6.58. The van der Waals surface area contributed by atoms with Gasteiger partial charge in [-0.25, -0.2) is 0 Å². The molecule has 1 N–H and O–H groups in total. The van der Waals surface area contributed by atoms with Crippen molar-refractivity contribution in [2.24, 2.45) is 4.99 Å². The number of rotatable bonds is 3. The van der Waals surface area contributed by atoms with Gasteiger partial charge in [-0.2, -0.15) is 0 Å². The van der Waals surface area contributed by atoms with Crippen LogP contribution in [0.25, 0.3) is 0 Å². The van der Waals surface area contributed by atoms with Crippen molar-refractivity contribution in [3.63, 3.8) is 0 Å². The average molecular weight is 266 g/mol. The van der Waals surface area contributed by atoms with E-state index >= 15 is 0 Å². The number of hydrogen-bond acceptors (Lipinski definition) is 2. The average Bonchev–Trinajstić information content (AvgIpc) is 2.42. The SMILES string of the molecule is C/C=N/c1cccc(C)c1C(=O)Nc1ccccc1C. The van der Waals surface area contributed by atoms with Gasteiger partial charge in [0.25, 0.3) is 5.91 Å². The Bertz CT molecular complexity index is 660. The quantitative estimate of drug-likeness (QED) is 0.828. The molecule has 2 aromatic rings. The Morgan fingerprint density at radius 2 is 1.75 bits per heavy atom. The van der Waals surface area contributed by atoms with Crippen LogP contribution in [-0.2, 0) is 0 Å². The van der Waals surface area contributed by atoms with Crippen molar-refractivity contribution < 1.29 is 4.79 Å². The molecule has 0 bridgehead atoms. The number of aryl methyl sites for hydroxylation is 2. The summed E-state index contributed by atoms with van der Waals surface area (Å²) in [6.07, 6.45) is 1.69. The molecule has 0 aliphatic carbocycles. The van der Waals surface area contributed by atoms with Crippen LogP contribution in [-0.4, -0.2) is 12.1 Å². The van der Waals surface area contributed by atoms with Crippen molar-refractivity contribution in [2.75, 3.05) is 5.32 Å². The lowest BCUT2D eigenvalue weighted by Crippen LogP contribution is -2.14. The molecule has 0 fully saturated rings. The number of benzene rings is 2. The summed E-state index contributed by atoms with van der Waals surface area (Å²) in [4.78, 5) is 16.8. The molecule has 1 amide bonds. The van der Waals surface area contributed by atoms with Gasteiger partial charge in [-0.05, 0) is 44.0 Å². The normalized spacial score (nSPS) is 10.8. The Balaban J connectivity index is 2.37. The monoisotopic (exact) mass is 266 g/mol. The summed E-state index contributed by atoms with van der Waals surface area (Å²) in [6.45, 7) is 5.73. The number of aliphatic imine (C=N–C) groups is 1. The van der Waals surface area contributed by atoms with E-state index in [1.807, 2.05) is 63.2 Å². The van der Waals surface area contributed by atoms with Gasteiger partial charge in [0.15, 0.2) is 0 Å². The first-order valence-electron chi connectivity index (χ1n) is 6.58. The summed E-state index contributed by atoms with van der Waals surface area (Å²) in [7, 11) is 0. The summed E-state index contributed by atoms with van der Waals surface area (Å²) < 4.78 is 0. The van der Waals surface area contributed by atoms with Crippen LogP contribution in [0.2, 0.25) is 0 Å². The fourth-order valence-corrected chi connectivity index (χ4v) is 2.09. The second-order valence-electron chi connectivity index (χ2n) is 4.63. The minimum absolute atomic E-state index is 0.127. The standard InChI is InChI=1S/C17H18N2O/c1-4-18-15-11-7-9-13(3)16(15)17(20)19-14-10-6-5-8-12(14)2/h4-11H,1-3H3,(H,19,20)/b18-4+. The maximum atomic E-state index is 12.5. The Hall–Kier alpha value is -2.42. The zero-order chi connectivity index (χ0) is 14.5. The summed E-state index contributed by atoms with van der Waals surface area (Å²) in [5.41, 5.74) is 4.09. The van der Waals surface area contributed by atoms with Crippen LogP contribution in [0.1, 0.15) is 28.4 Å². The van der Waals surface area contributed by atoms with Crippen molar-refractivity contribution in [1.82, 2.24) is 0 Å². The molecule has 0 radical (unpaired) electrons. The molecule has 0 spiro atoms. The first kappa shape index (κ1) is 14.0. The highest BCUT2D eigenvalue weighted by Crippen LogP contribution is 2.24. The summed E-state index contributed by atoms with van der Waals surface area (Å²) in [6, 6.07) is 13.4. The van der Waals surface area contributed by atoms with Crippen molar-refractivity contribution in [2.45, 2.75) is 20.8 Å². The van der Waals surface area contributed by atoms with Crippen LogP contribution in [0.3, 0.4) is 0 Å². The number of anilines is 1. The van der Waals surface area contributed by atoms with Crippen molar-refractivity contribution in [1.29, 1.82) is 0 Å². The van der Waals surface area contributed by atoms with Crippen LogP contribution in [0.5, 0.6) is 0 Å². The molecule has 3 nitrogen and oxygen atoms in total. The predicted octanol–water partition coefficient (Wildman–Crippen LogP) is 4.28. The number of carbonyl (C=O) groups excluding carboxylic acids is 1. The fraction of sp³-hybridized carbons (Fsp3) is 0.176. The molecule has 0 saturated heterocycles. The third-order valence-corrected chi connectivity index (χ3v) is 3.14. The van der Waals surface area contributed by atoms with Gasteiger partial charge in [0.1, 0.15) is 0 Å². The Labute approximate surface area is 119 Å². The lowest BCUT2D eigenvalue weighted by molar-refractivity contribution is 0.102. The molecule has 0 unspecified atom stereocenters.